The van der Waals surface area contributed by atoms with Crippen LogP contribution in [0.25, 0.3) is 10.9 Å². The molecule has 0 atom stereocenters. The summed E-state index contributed by atoms with van der Waals surface area (Å²) >= 11 is 0. The fourth-order valence-corrected chi connectivity index (χ4v) is 5.71. The fourth-order valence-electron chi connectivity index (χ4n) is 5.71. The van der Waals surface area contributed by atoms with E-state index in [2.05, 4.69) is 90.0 Å². The van der Waals surface area contributed by atoms with Gasteiger partial charge in [0.2, 0.25) is 5.91 Å². The molecule has 4 nitrogen and oxygen atoms in total. The Labute approximate surface area is 194 Å². The molecule has 33 heavy (non-hydrogen) atoms. The summed E-state index contributed by atoms with van der Waals surface area (Å²) in [6.45, 7) is 3.20. The number of rotatable bonds is 7. The Morgan fingerprint density at radius 3 is 2.39 bits per heavy atom. The van der Waals surface area contributed by atoms with Gasteiger partial charge >= 0.3 is 0 Å². The zero-order valence-electron chi connectivity index (χ0n) is 18.9. The van der Waals surface area contributed by atoms with E-state index in [1.807, 2.05) is 6.20 Å². The Morgan fingerprint density at radius 2 is 1.64 bits per heavy atom. The smallest absolute Gasteiger partial charge is 0.230 e. The van der Waals surface area contributed by atoms with Crippen LogP contribution in [0.4, 0.5) is 5.69 Å². The van der Waals surface area contributed by atoms with Gasteiger partial charge in [-0.3, -0.25) is 4.79 Å². The first-order valence-electron chi connectivity index (χ1n) is 11.7. The number of carbonyl (C=O) groups excluding carboxylic acids is 1. The van der Waals surface area contributed by atoms with Crippen molar-refractivity contribution in [3.05, 3.63) is 101 Å². The van der Waals surface area contributed by atoms with Gasteiger partial charge in [-0.05, 0) is 60.4 Å². The quantitative estimate of drug-likeness (QED) is 0.360. The molecule has 3 saturated carbocycles. The maximum atomic E-state index is 13.2. The van der Waals surface area contributed by atoms with E-state index < -0.39 is 0 Å². The number of amides is 1. The van der Waals surface area contributed by atoms with Crippen LogP contribution in [-0.4, -0.2) is 10.9 Å². The van der Waals surface area contributed by atoms with Crippen molar-refractivity contribution in [1.29, 1.82) is 0 Å². The summed E-state index contributed by atoms with van der Waals surface area (Å²) in [7, 11) is 0. The highest BCUT2D eigenvalue weighted by molar-refractivity contribution is 6.05. The SMILES string of the molecule is Cc1ccc(COCc2ccc3[nH]cc(NC(=O)C45CC(c6ccccc6)(C4)C5)c3c2)cc1. The van der Waals surface area contributed by atoms with Crippen molar-refractivity contribution in [3.63, 3.8) is 0 Å². The second-order valence-electron chi connectivity index (χ2n) is 9.97. The van der Waals surface area contributed by atoms with Crippen LogP contribution in [0, 0.1) is 12.3 Å². The van der Waals surface area contributed by atoms with Gasteiger partial charge in [-0.15, -0.1) is 0 Å². The van der Waals surface area contributed by atoms with E-state index in [9.17, 15) is 4.79 Å². The molecular weight excluding hydrogens is 408 g/mol. The van der Waals surface area contributed by atoms with Gasteiger partial charge in [0.25, 0.3) is 0 Å². The molecule has 4 aromatic rings. The number of H-pyrrole nitrogens is 1. The molecule has 3 aliphatic carbocycles. The molecule has 1 amide bonds. The molecule has 166 valence electrons. The fraction of sp³-hybridized carbons (Fsp3) is 0.276. The van der Waals surface area contributed by atoms with E-state index in [1.54, 1.807) is 0 Å². The molecule has 1 heterocycles. The first kappa shape index (κ1) is 20.3. The van der Waals surface area contributed by atoms with Gasteiger partial charge in [0.1, 0.15) is 0 Å². The van der Waals surface area contributed by atoms with Crippen LogP contribution in [0.15, 0.2) is 79.0 Å². The Balaban J connectivity index is 1.11. The van der Waals surface area contributed by atoms with Crippen LogP contribution in [0.5, 0.6) is 0 Å². The molecule has 4 heteroatoms. The number of nitrogens with one attached hydrogen (secondary N) is 2. The number of fused-ring (bicyclic) bond motifs is 1. The molecule has 1 aromatic heterocycles. The van der Waals surface area contributed by atoms with Gasteiger partial charge in [0.15, 0.2) is 0 Å². The number of benzene rings is 3. The van der Waals surface area contributed by atoms with Crippen molar-refractivity contribution < 1.29 is 9.53 Å². The molecule has 0 radical (unpaired) electrons. The van der Waals surface area contributed by atoms with Crippen LogP contribution in [0.2, 0.25) is 0 Å². The van der Waals surface area contributed by atoms with Gasteiger partial charge in [-0.2, -0.15) is 0 Å². The standard InChI is InChI=1S/C29H28N2O2/c1-20-7-9-21(10-8-20)15-33-16-22-11-12-25-24(13-22)26(14-30-25)31-27(32)29-17-28(18-29,19-29)23-5-3-2-4-6-23/h2-14,30H,15-19H2,1H3,(H,31,32). The Kier molecular flexibility index (Phi) is 4.66. The lowest BCUT2D eigenvalue weighted by Crippen LogP contribution is -2.69. The summed E-state index contributed by atoms with van der Waals surface area (Å²) in [5, 5.41) is 4.25. The summed E-state index contributed by atoms with van der Waals surface area (Å²) in [6.07, 6.45) is 4.76. The molecule has 0 saturated heterocycles. The average Bonchev–Trinajstić information content (AvgIpc) is 3.16. The predicted octanol–water partition coefficient (Wildman–Crippen LogP) is 6.25. The zero-order valence-corrected chi connectivity index (χ0v) is 18.9. The topological polar surface area (TPSA) is 54.1 Å². The van der Waals surface area contributed by atoms with E-state index >= 15 is 0 Å². The molecule has 0 spiro atoms. The van der Waals surface area contributed by atoms with Gasteiger partial charge in [0, 0.05) is 17.1 Å². The lowest BCUT2D eigenvalue weighted by molar-refractivity contribution is -0.170. The summed E-state index contributed by atoms with van der Waals surface area (Å²) < 4.78 is 5.93. The van der Waals surface area contributed by atoms with Crippen molar-refractivity contribution >= 4 is 22.5 Å². The van der Waals surface area contributed by atoms with Crippen molar-refractivity contribution in [1.82, 2.24) is 4.98 Å². The molecule has 7 rings (SSSR count). The lowest BCUT2D eigenvalue weighted by Gasteiger charge is -2.69. The minimum absolute atomic E-state index is 0.155. The van der Waals surface area contributed by atoms with Crippen molar-refractivity contribution in [2.45, 2.75) is 44.8 Å². The number of ether oxygens (including phenoxy) is 1. The number of aromatic amines is 1. The highest BCUT2D eigenvalue weighted by Crippen LogP contribution is 2.73. The second-order valence-corrected chi connectivity index (χ2v) is 9.97. The lowest BCUT2D eigenvalue weighted by atomic mass is 9.33. The summed E-state index contributed by atoms with van der Waals surface area (Å²) in [5.74, 6) is 0.155. The highest BCUT2D eigenvalue weighted by Gasteiger charge is 2.71. The van der Waals surface area contributed by atoms with Crippen LogP contribution >= 0.6 is 0 Å². The third-order valence-corrected chi connectivity index (χ3v) is 7.55. The molecule has 2 bridgehead atoms. The number of aromatic nitrogens is 1. The van der Waals surface area contributed by atoms with Gasteiger partial charge in [-0.25, -0.2) is 0 Å². The Bertz CT molecular complexity index is 1300. The monoisotopic (exact) mass is 436 g/mol. The van der Waals surface area contributed by atoms with Crippen LogP contribution in [0.3, 0.4) is 0 Å². The molecule has 3 aromatic carbocycles. The van der Waals surface area contributed by atoms with E-state index in [-0.39, 0.29) is 16.7 Å². The van der Waals surface area contributed by atoms with Crippen LogP contribution < -0.4 is 5.32 Å². The summed E-state index contributed by atoms with van der Waals surface area (Å²) in [4.78, 5) is 16.4. The molecule has 2 N–H and O–H groups in total. The number of anilines is 1. The van der Waals surface area contributed by atoms with E-state index in [1.165, 1.54) is 16.7 Å². The molecule has 0 aliphatic heterocycles. The third-order valence-electron chi connectivity index (χ3n) is 7.55. The second kappa shape index (κ2) is 7.60. The molecule has 3 fully saturated rings. The number of aryl methyl sites for hydroxylation is 1. The normalized spacial score (nSPS) is 23.1. The van der Waals surface area contributed by atoms with Crippen LogP contribution in [-0.2, 0) is 28.2 Å². The minimum Gasteiger partial charge on any atom is -0.372 e. The molecular formula is C29H28N2O2. The van der Waals surface area contributed by atoms with Crippen molar-refractivity contribution in [2.75, 3.05) is 5.32 Å². The third kappa shape index (κ3) is 3.46. The highest BCUT2D eigenvalue weighted by atomic mass is 16.5. The largest absolute Gasteiger partial charge is 0.372 e. The average molecular weight is 437 g/mol. The zero-order chi connectivity index (χ0) is 22.5. The van der Waals surface area contributed by atoms with Gasteiger partial charge in [-0.1, -0.05) is 66.2 Å². The van der Waals surface area contributed by atoms with Crippen molar-refractivity contribution in [3.8, 4) is 0 Å². The summed E-state index contributed by atoms with van der Waals surface area (Å²) in [6, 6.07) is 25.3. The first-order valence-corrected chi connectivity index (χ1v) is 11.7. The summed E-state index contributed by atoms with van der Waals surface area (Å²) in [5.41, 5.74) is 6.79. The predicted molar refractivity (Wildman–Crippen MR) is 131 cm³/mol. The first-order chi connectivity index (χ1) is 16.1. The molecule has 0 unspecified atom stereocenters. The van der Waals surface area contributed by atoms with E-state index in [4.69, 9.17) is 4.74 Å². The van der Waals surface area contributed by atoms with Crippen LogP contribution in [0.1, 0.15) is 41.5 Å². The van der Waals surface area contributed by atoms with E-state index in [0.29, 0.717) is 13.2 Å². The molecule has 3 aliphatic rings. The van der Waals surface area contributed by atoms with Gasteiger partial charge < -0.3 is 15.0 Å². The number of hydrogen-bond acceptors (Lipinski definition) is 2. The minimum atomic E-state index is -0.200. The Hall–Kier alpha value is -3.37. The number of carbonyl (C=O) groups is 1. The Morgan fingerprint density at radius 1 is 0.939 bits per heavy atom. The maximum Gasteiger partial charge on any atom is 0.230 e. The maximum absolute atomic E-state index is 13.2. The number of hydrogen-bond donors (Lipinski definition) is 2. The van der Waals surface area contributed by atoms with Crippen molar-refractivity contribution in [2.24, 2.45) is 5.41 Å². The van der Waals surface area contributed by atoms with E-state index in [0.717, 1.165) is 41.4 Å². The van der Waals surface area contributed by atoms with Gasteiger partial charge in [0.05, 0.1) is 24.3 Å².